The molecule has 2 atom stereocenters. The van der Waals surface area contributed by atoms with Gasteiger partial charge in [0.15, 0.2) is 0 Å². The van der Waals surface area contributed by atoms with Crippen LogP contribution < -0.4 is 10.0 Å². The number of hydrogen-bond donors (Lipinski definition) is 2. The maximum atomic E-state index is 12.6. The van der Waals surface area contributed by atoms with Gasteiger partial charge in [0.1, 0.15) is 12.3 Å². The second kappa shape index (κ2) is 10.4. The summed E-state index contributed by atoms with van der Waals surface area (Å²) in [6.07, 6.45) is 3.32. The molecule has 6 nitrogen and oxygen atoms in total. The largest absolute Gasteiger partial charge is 0.345 e. The Morgan fingerprint density at radius 1 is 1.19 bits per heavy atom. The van der Waals surface area contributed by atoms with E-state index in [1.165, 1.54) is 12.1 Å². The van der Waals surface area contributed by atoms with Crippen molar-refractivity contribution in [1.82, 2.24) is 10.0 Å². The van der Waals surface area contributed by atoms with E-state index in [0.29, 0.717) is 19.1 Å². The minimum Gasteiger partial charge on any atom is -0.345 e. The summed E-state index contributed by atoms with van der Waals surface area (Å²) >= 11 is 0. The third kappa shape index (κ3) is 7.25. The molecule has 0 heterocycles. The maximum absolute atomic E-state index is 12.6. The van der Waals surface area contributed by atoms with Crippen molar-refractivity contribution < 1.29 is 18.0 Å². The lowest BCUT2D eigenvalue weighted by molar-refractivity contribution is -0.125. The lowest BCUT2D eigenvalue weighted by atomic mass is 10.0. The highest BCUT2D eigenvalue weighted by Crippen LogP contribution is 2.14. The number of unbranched alkanes of at least 4 members (excludes halogenated alkanes) is 1. The molecule has 0 fully saturated rings. The molecule has 146 valence electrons. The zero-order chi connectivity index (χ0) is 19.7. The summed E-state index contributed by atoms with van der Waals surface area (Å²) in [6, 6.07) is 4.92. The van der Waals surface area contributed by atoms with Crippen LogP contribution in [0.15, 0.2) is 29.2 Å². The van der Waals surface area contributed by atoms with Gasteiger partial charge in [0, 0.05) is 0 Å². The number of sulfonamides is 1. The highest BCUT2D eigenvalue weighted by Gasteiger charge is 2.27. The molecule has 1 aromatic rings. The highest BCUT2D eigenvalue weighted by molar-refractivity contribution is 7.89. The van der Waals surface area contributed by atoms with E-state index in [1.807, 2.05) is 27.7 Å². The summed E-state index contributed by atoms with van der Waals surface area (Å²) in [5, 5.41) is 2.66. The summed E-state index contributed by atoms with van der Waals surface area (Å²) in [5.74, 6) is -0.362. The van der Waals surface area contributed by atoms with Crippen LogP contribution in [0.25, 0.3) is 0 Å². The molecule has 1 aromatic carbocycles. The van der Waals surface area contributed by atoms with Crippen molar-refractivity contribution in [2.24, 2.45) is 5.92 Å². The second-order valence-corrected chi connectivity index (χ2v) is 8.72. The first-order valence-electron chi connectivity index (χ1n) is 9.04. The predicted molar refractivity (Wildman–Crippen MR) is 102 cm³/mol. The predicted octanol–water partition coefficient (Wildman–Crippen LogP) is 2.56. The van der Waals surface area contributed by atoms with Gasteiger partial charge in [-0.2, -0.15) is 4.72 Å². The molecule has 0 aromatic heterocycles. The Morgan fingerprint density at radius 2 is 1.81 bits per heavy atom. The van der Waals surface area contributed by atoms with E-state index in [0.717, 1.165) is 18.4 Å². The van der Waals surface area contributed by atoms with Gasteiger partial charge < -0.3 is 10.1 Å². The Balaban J connectivity index is 2.93. The Hall–Kier alpha value is -1.73. The first kappa shape index (κ1) is 22.3. The average molecular weight is 383 g/mol. The van der Waals surface area contributed by atoms with Gasteiger partial charge in [-0.25, -0.2) is 8.42 Å². The normalized spacial score (nSPS) is 14.0. The average Bonchev–Trinajstić information content (AvgIpc) is 2.57. The molecule has 0 saturated carbocycles. The monoisotopic (exact) mass is 382 g/mol. The smallest absolute Gasteiger partial charge is 0.241 e. The van der Waals surface area contributed by atoms with Crippen LogP contribution in [0, 0.1) is 12.8 Å². The lowest BCUT2D eigenvalue weighted by Gasteiger charge is -2.22. The van der Waals surface area contributed by atoms with E-state index >= 15 is 0 Å². The van der Waals surface area contributed by atoms with E-state index < -0.39 is 28.0 Å². The molecule has 0 aliphatic rings. The molecule has 0 saturated heterocycles. The Labute approximate surface area is 156 Å². The van der Waals surface area contributed by atoms with E-state index in [-0.39, 0.29) is 10.8 Å². The molecule has 0 aliphatic heterocycles. The zero-order valence-electron chi connectivity index (χ0n) is 16.0. The van der Waals surface area contributed by atoms with E-state index in [4.69, 9.17) is 0 Å². The van der Waals surface area contributed by atoms with E-state index in [2.05, 4.69) is 10.0 Å². The van der Waals surface area contributed by atoms with Crippen LogP contribution in [-0.4, -0.2) is 32.7 Å². The molecule has 0 bridgehead atoms. The number of amides is 1. The number of rotatable bonds is 11. The van der Waals surface area contributed by atoms with Gasteiger partial charge in [-0.15, -0.1) is 0 Å². The van der Waals surface area contributed by atoms with Gasteiger partial charge in [-0.05, 0) is 37.8 Å². The Bertz CT molecular complexity index is 684. The standard InChI is InChI=1S/C19H30N2O4S/c1-5-6-7-16(13-22)20-19(23)18(12-14(2)3)21-26(24,25)17-10-8-15(4)9-11-17/h8-11,13-14,16,18,21H,5-7,12H2,1-4H3,(H,20,23)/t16-,18-/m0/s1. The SMILES string of the molecule is CCCC[C@@H](C=O)NC(=O)[C@H](CC(C)C)NS(=O)(=O)c1ccc(C)cc1. The van der Waals surface area contributed by atoms with Crippen LogP contribution in [0.1, 0.15) is 52.0 Å². The van der Waals surface area contributed by atoms with Crippen molar-refractivity contribution in [3.05, 3.63) is 29.8 Å². The molecular weight excluding hydrogens is 352 g/mol. The van der Waals surface area contributed by atoms with Gasteiger partial charge >= 0.3 is 0 Å². The van der Waals surface area contributed by atoms with Crippen LogP contribution in [0.5, 0.6) is 0 Å². The van der Waals surface area contributed by atoms with Crippen LogP contribution in [0.2, 0.25) is 0 Å². The summed E-state index contributed by atoms with van der Waals surface area (Å²) in [7, 11) is -3.83. The van der Waals surface area contributed by atoms with Gasteiger partial charge in [0.25, 0.3) is 0 Å². The third-order valence-electron chi connectivity index (χ3n) is 4.01. The van der Waals surface area contributed by atoms with Crippen molar-refractivity contribution in [2.75, 3.05) is 0 Å². The topological polar surface area (TPSA) is 92.3 Å². The van der Waals surface area contributed by atoms with Crippen molar-refractivity contribution in [1.29, 1.82) is 0 Å². The number of aldehydes is 1. The number of carbonyl (C=O) groups is 2. The van der Waals surface area contributed by atoms with Crippen LogP contribution in [-0.2, 0) is 19.6 Å². The molecule has 0 aliphatic carbocycles. The fourth-order valence-electron chi connectivity index (χ4n) is 2.53. The Kier molecular flexibility index (Phi) is 8.95. The lowest BCUT2D eigenvalue weighted by Crippen LogP contribution is -2.50. The molecule has 0 unspecified atom stereocenters. The minimum absolute atomic E-state index is 0.108. The van der Waals surface area contributed by atoms with Crippen LogP contribution in [0.4, 0.5) is 0 Å². The quantitative estimate of drug-likeness (QED) is 0.575. The summed E-state index contributed by atoms with van der Waals surface area (Å²) in [5.41, 5.74) is 0.949. The van der Waals surface area contributed by atoms with Crippen LogP contribution >= 0.6 is 0 Å². The molecular formula is C19H30N2O4S. The molecule has 26 heavy (non-hydrogen) atoms. The van der Waals surface area contributed by atoms with Gasteiger partial charge in [-0.3, -0.25) is 4.79 Å². The van der Waals surface area contributed by atoms with Crippen molar-refractivity contribution in [3.63, 3.8) is 0 Å². The fourth-order valence-corrected chi connectivity index (χ4v) is 3.74. The summed E-state index contributed by atoms with van der Waals surface area (Å²) in [4.78, 5) is 23.9. The summed E-state index contributed by atoms with van der Waals surface area (Å²) in [6.45, 7) is 7.69. The molecule has 2 N–H and O–H groups in total. The zero-order valence-corrected chi connectivity index (χ0v) is 16.8. The fraction of sp³-hybridized carbons (Fsp3) is 0.579. The number of nitrogens with one attached hydrogen (secondary N) is 2. The van der Waals surface area contributed by atoms with Crippen LogP contribution in [0.3, 0.4) is 0 Å². The number of benzene rings is 1. The first-order chi connectivity index (χ1) is 12.2. The van der Waals surface area contributed by atoms with Gasteiger partial charge in [0.05, 0.1) is 10.9 Å². The number of carbonyl (C=O) groups excluding carboxylic acids is 2. The molecule has 0 radical (unpaired) electrons. The van der Waals surface area contributed by atoms with Gasteiger partial charge in [0.2, 0.25) is 15.9 Å². The number of aryl methyl sites for hydroxylation is 1. The second-order valence-electron chi connectivity index (χ2n) is 7.01. The summed E-state index contributed by atoms with van der Waals surface area (Å²) < 4.78 is 27.7. The van der Waals surface area contributed by atoms with E-state index in [9.17, 15) is 18.0 Å². The molecule has 1 amide bonds. The third-order valence-corrected chi connectivity index (χ3v) is 5.50. The van der Waals surface area contributed by atoms with Crippen molar-refractivity contribution in [2.45, 2.75) is 70.4 Å². The highest BCUT2D eigenvalue weighted by atomic mass is 32.2. The maximum Gasteiger partial charge on any atom is 0.241 e. The van der Waals surface area contributed by atoms with Crippen molar-refractivity contribution >= 4 is 22.2 Å². The Morgan fingerprint density at radius 3 is 2.31 bits per heavy atom. The van der Waals surface area contributed by atoms with E-state index in [1.54, 1.807) is 12.1 Å². The minimum atomic E-state index is -3.83. The number of hydrogen-bond acceptors (Lipinski definition) is 4. The molecule has 0 spiro atoms. The van der Waals surface area contributed by atoms with Crippen molar-refractivity contribution in [3.8, 4) is 0 Å². The first-order valence-corrected chi connectivity index (χ1v) is 10.5. The molecule has 7 heteroatoms. The molecule has 1 rings (SSSR count). The van der Waals surface area contributed by atoms with Gasteiger partial charge in [-0.1, -0.05) is 51.3 Å².